The van der Waals surface area contributed by atoms with Gasteiger partial charge in [0.05, 0.1) is 0 Å². The van der Waals surface area contributed by atoms with Crippen molar-refractivity contribution >= 4 is 0 Å². The third-order valence-electron chi connectivity index (χ3n) is 2.96. The van der Waals surface area contributed by atoms with Crippen LogP contribution in [0.2, 0.25) is 0 Å². The van der Waals surface area contributed by atoms with E-state index < -0.39 is 12.2 Å². The minimum Gasteiger partial charge on any atom is -0.303 e. The van der Waals surface area contributed by atoms with E-state index in [9.17, 15) is 13.2 Å². The fourth-order valence-electron chi connectivity index (χ4n) is 1.57. The van der Waals surface area contributed by atoms with Gasteiger partial charge < -0.3 is 5.32 Å². The molecule has 0 heterocycles. The van der Waals surface area contributed by atoms with Gasteiger partial charge >= 0.3 is 6.18 Å². The minimum absolute atomic E-state index is 0.0177. The molecule has 0 amide bonds. The van der Waals surface area contributed by atoms with E-state index in [0.29, 0.717) is 0 Å². The molecule has 1 aliphatic rings. The number of halogens is 3. The van der Waals surface area contributed by atoms with Gasteiger partial charge in [-0.15, -0.1) is 0 Å². The van der Waals surface area contributed by atoms with Gasteiger partial charge in [-0.1, -0.05) is 13.8 Å². The Kier molecular flexibility index (Phi) is 2.63. The van der Waals surface area contributed by atoms with Crippen molar-refractivity contribution in [3.63, 3.8) is 0 Å². The van der Waals surface area contributed by atoms with Crippen LogP contribution >= 0.6 is 0 Å². The molecule has 1 fully saturated rings. The molecule has 1 aliphatic carbocycles. The molecule has 0 spiro atoms. The average molecular weight is 195 g/mol. The highest BCUT2D eigenvalue weighted by Crippen LogP contribution is 2.40. The van der Waals surface area contributed by atoms with E-state index in [1.165, 1.54) is 6.92 Å². The van der Waals surface area contributed by atoms with Gasteiger partial charge in [0.25, 0.3) is 0 Å². The summed E-state index contributed by atoms with van der Waals surface area (Å²) in [5.41, 5.74) is 0.0273. The molecule has 4 heteroatoms. The van der Waals surface area contributed by atoms with Gasteiger partial charge in [-0.3, -0.25) is 0 Å². The number of hydrogen-bond donors (Lipinski definition) is 1. The Morgan fingerprint density at radius 3 is 2.15 bits per heavy atom. The molecule has 0 aromatic carbocycles. The zero-order chi connectivity index (χ0) is 10.3. The average Bonchev–Trinajstić information content (AvgIpc) is 1.96. The monoisotopic (exact) mass is 195 g/mol. The maximum Gasteiger partial charge on any atom is 0.403 e. The van der Waals surface area contributed by atoms with E-state index >= 15 is 0 Å². The maximum atomic E-state index is 12.2. The first-order valence-electron chi connectivity index (χ1n) is 4.56. The Hall–Kier alpha value is -0.250. The highest BCUT2D eigenvalue weighted by atomic mass is 19.4. The molecule has 0 bridgehead atoms. The van der Waals surface area contributed by atoms with E-state index in [-0.39, 0.29) is 11.5 Å². The summed E-state index contributed by atoms with van der Waals surface area (Å²) in [6.07, 6.45) is -2.26. The number of rotatable bonds is 2. The van der Waals surface area contributed by atoms with E-state index in [2.05, 4.69) is 5.32 Å². The molecule has 0 saturated heterocycles. The van der Waals surface area contributed by atoms with E-state index in [0.717, 1.165) is 12.8 Å². The summed E-state index contributed by atoms with van der Waals surface area (Å²) in [6, 6.07) is -1.37. The minimum atomic E-state index is -4.12. The normalized spacial score (nSPS) is 29.5. The van der Waals surface area contributed by atoms with Crippen LogP contribution in [0.5, 0.6) is 0 Å². The molecule has 1 N–H and O–H groups in total. The zero-order valence-electron chi connectivity index (χ0n) is 8.20. The van der Waals surface area contributed by atoms with E-state index in [1.54, 1.807) is 0 Å². The largest absolute Gasteiger partial charge is 0.403 e. The standard InChI is InChI=1S/C9H16F3N/c1-6(9(10,11)12)13-7-4-5-8(7,2)3/h6-7,13H,4-5H2,1-3H3. The molecule has 1 saturated carbocycles. The van der Waals surface area contributed by atoms with Crippen molar-refractivity contribution in [3.8, 4) is 0 Å². The van der Waals surface area contributed by atoms with Gasteiger partial charge in [0.1, 0.15) is 6.04 Å². The second kappa shape index (κ2) is 3.15. The molecule has 1 nitrogen and oxygen atoms in total. The molecule has 0 radical (unpaired) electrons. The second-order valence-corrected chi connectivity index (χ2v) is 4.51. The molecule has 78 valence electrons. The molecule has 2 unspecified atom stereocenters. The molecule has 2 atom stereocenters. The number of nitrogens with one attached hydrogen (secondary N) is 1. The molecular weight excluding hydrogens is 179 g/mol. The number of alkyl halides is 3. The lowest BCUT2D eigenvalue weighted by atomic mass is 9.67. The van der Waals surface area contributed by atoms with Crippen molar-refractivity contribution in [1.82, 2.24) is 5.32 Å². The van der Waals surface area contributed by atoms with Gasteiger partial charge in [-0.25, -0.2) is 0 Å². The van der Waals surface area contributed by atoms with Crippen LogP contribution in [0.15, 0.2) is 0 Å². The summed E-state index contributed by atoms with van der Waals surface area (Å²) >= 11 is 0. The van der Waals surface area contributed by atoms with Crippen LogP contribution < -0.4 is 5.32 Å². The topological polar surface area (TPSA) is 12.0 Å². The molecule has 13 heavy (non-hydrogen) atoms. The lowest BCUT2D eigenvalue weighted by Crippen LogP contribution is -2.56. The summed E-state index contributed by atoms with van der Waals surface area (Å²) in [5.74, 6) is 0. The SMILES string of the molecule is CC(NC1CCC1(C)C)C(F)(F)F. The van der Waals surface area contributed by atoms with Crippen molar-refractivity contribution in [3.05, 3.63) is 0 Å². The Morgan fingerprint density at radius 1 is 1.38 bits per heavy atom. The Balaban J connectivity index is 2.42. The summed E-state index contributed by atoms with van der Waals surface area (Å²) in [6.45, 7) is 5.17. The summed E-state index contributed by atoms with van der Waals surface area (Å²) in [7, 11) is 0. The van der Waals surface area contributed by atoms with Crippen LogP contribution in [0.1, 0.15) is 33.6 Å². The van der Waals surface area contributed by atoms with E-state index in [1.807, 2.05) is 13.8 Å². The lowest BCUT2D eigenvalue weighted by Gasteiger charge is -2.46. The van der Waals surface area contributed by atoms with Gasteiger partial charge in [0.15, 0.2) is 0 Å². The Bertz CT molecular complexity index is 176. The van der Waals surface area contributed by atoms with Crippen LogP contribution in [0.4, 0.5) is 13.2 Å². The van der Waals surface area contributed by atoms with Gasteiger partial charge in [-0.05, 0) is 25.2 Å². The van der Waals surface area contributed by atoms with Crippen molar-refractivity contribution in [2.75, 3.05) is 0 Å². The predicted molar refractivity (Wildman–Crippen MR) is 45.5 cm³/mol. The van der Waals surface area contributed by atoms with E-state index in [4.69, 9.17) is 0 Å². The first-order valence-corrected chi connectivity index (χ1v) is 4.56. The predicted octanol–water partition coefficient (Wildman–Crippen LogP) is 2.72. The number of hydrogen-bond acceptors (Lipinski definition) is 1. The molecular formula is C9H16F3N. The second-order valence-electron chi connectivity index (χ2n) is 4.51. The summed E-state index contributed by atoms with van der Waals surface area (Å²) in [4.78, 5) is 0. The summed E-state index contributed by atoms with van der Waals surface area (Å²) < 4.78 is 36.5. The highest BCUT2D eigenvalue weighted by Gasteiger charge is 2.44. The van der Waals surface area contributed by atoms with Gasteiger partial charge in [-0.2, -0.15) is 13.2 Å². The van der Waals surface area contributed by atoms with Crippen molar-refractivity contribution in [1.29, 1.82) is 0 Å². The maximum absolute atomic E-state index is 12.2. The molecule has 0 aromatic rings. The fourth-order valence-corrected chi connectivity index (χ4v) is 1.57. The Labute approximate surface area is 76.7 Å². The van der Waals surface area contributed by atoms with Crippen LogP contribution in [0, 0.1) is 5.41 Å². The Morgan fingerprint density at radius 2 is 1.92 bits per heavy atom. The van der Waals surface area contributed by atoms with Crippen LogP contribution in [0.3, 0.4) is 0 Å². The molecule has 0 aliphatic heterocycles. The first kappa shape index (κ1) is 10.8. The first-order chi connectivity index (χ1) is 5.73. The highest BCUT2D eigenvalue weighted by molar-refractivity contribution is 4.95. The molecule has 0 aromatic heterocycles. The van der Waals surface area contributed by atoms with Gasteiger partial charge in [0.2, 0.25) is 0 Å². The summed E-state index contributed by atoms with van der Waals surface area (Å²) in [5, 5.41) is 2.62. The smallest absolute Gasteiger partial charge is 0.303 e. The zero-order valence-corrected chi connectivity index (χ0v) is 8.20. The molecule has 1 rings (SSSR count). The van der Waals surface area contributed by atoms with Crippen LogP contribution in [-0.2, 0) is 0 Å². The van der Waals surface area contributed by atoms with Crippen molar-refractivity contribution < 1.29 is 13.2 Å². The quantitative estimate of drug-likeness (QED) is 0.714. The lowest BCUT2D eigenvalue weighted by molar-refractivity contribution is -0.158. The van der Waals surface area contributed by atoms with Gasteiger partial charge in [0, 0.05) is 6.04 Å². The third kappa shape index (κ3) is 2.36. The van der Waals surface area contributed by atoms with Crippen molar-refractivity contribution in [2.45, 2.75) is 51.9 Å². The van der Waals surface area contributed by atoms with Crippen molar-refractivity contribution in [2.24, 2.45) is 5.41 Å². The fraction of sp³-hybridized carbons (Fsp3) is 1.00. The van der Waals surface area contributed by atoms with Crippen LogP contribution in [0.25, 0.3) is 0 Å². The van der Waals surface area contributed by atoms with Crippen LogP contribution in [-0.4, -0.2) is 18.3 Å². The third-order valence-corrected chi connectivity index (χ3v) is 2.96.